The molecule has 13 aromatic carbocycles. The van der Waals surface area contributed by atoms with Crippen LogP contribution in [0.25, 0.3) is 86.9 Å². The molecule has 0 aliphatic heterocycles. The number of benzene rings is 13. The van der Waals surface area contributed by atoms with E-state index < -0.39 is 0 Å². The van der Waals surface area contributed by atoms with Crippen molar-refractivity contribution in [2.75, 3.05) is 9.80 Å². The van der Waals surface area contributed by atoms with Crippen LogP contribution in [0.15, 0.2) is 267 Å². The third-order valence-electron chi connectivity index (χ3n) is 13.7. The predicted molar refractivity (Wildman–Crippen MR) is 292 cm³/mol. The molecule has 0 aliphatic rings. The molecule has 13 rings (SSSR count). The van der Waals surface area contributed by atoms with Crippen molar-refractivity contribution >= 4 is 98.8 Å². The van der Waals surface area contributed by atoms with Gasteiger partial charge in [-0.05, 0) is 160 Å². The number of anilines is 6. The van der Waals surface area contributed by atoms with Crippen molar-refractivity contribution in [1.29, 1.82) is 0 Å². The zero-order chi connectivity index (χ0) is 45.0. The van der Waals surface area contributed by atoms with Gasteiger partial charge in [-0.15, -0.1) is 0 Å². The largest absolute Gasteiger partial charge is 0.310 e. The van der Waals surface area contributed by atoms with Crippen molar-refractivity contribution in [3.8, 4) is 22.3 Å². The van der Waals surface area contributed by atoms with Gasteiger partial charge in [-0.1, -0.05) is 194 Å². The molecular weight excluding hydrogens is 821 g/mol. The summed E-state index contributed by atoms with van der Waals surface area (Å²) >= 11 is 0. The van der Waals surface area contributed by atoms with E-state index in [2.05, 4.69) is 277 Å². The van der Waals surface area contributed by atoms with Gasteiger partial charge in [-0.3, -0.25) is 0 Å². The van der Waals surface area contributed by atoms with Gasteiger partial charge < -0.3 is 9.80 Å². The van der Waals surface area contributed by atoms with Crippen molar-refractivity contribution in [3.05, 3.63) is 267 Å². The molecule has 318 valence electrons. The van der Waals surface area contributed by atoms with E-state index in [9.17, 15) is 0 Å². The maximum absolute atomic E-state index is 2.45. The average Bonchev–Trinajstić information content (AvgIpc) is 3.40. The zero-order valence-corrected chi connectivity index (χ0v) is 37.3. The third kappa shape index (κ3) is 6.73. The molecule has 0 bridgehead atoms. The lowest BCUT2D eigenvalue weighted by atomic mass is 9.83. The van der Waals surface area contributed by atoms with Gasteiger partial charge in [0.15, 0.2) is 0 Å². The number of hydrogen-bond donors (Lipinski definition) is 0. The van der Waals surface area contributed by atoms with E-state index >= 15 is 0 Å². The van der Waals surface area contributed by atoms with Gasteiger partial charge in [0.2, 0.25) is 0 Å². The van der Waals surface area contributed by atoms with Crippen LogP contribution in [0.2, 0.25) is 0 Å². The van der Waals surface area contributed by atoms with Crippen LogP contribution in [0, 0.1) is 0 Å². The van der Waals surface area contributed by atoms with Gasteiger partial charge in [-0.2, -0.15) is 0 Å². The zero-order valence-electron chi connectivity index (χ0n) is 37.3. The molecule has 0 aromatic heterocycles. The number of para-hydroxylation sites is 2. The highest BCUT2D eigenvalue weighted by molar-refractivity contribution is 6.26. The van der Waals surface area contributed by atoms with Crippen LogP contribution in [0.4, 0.5) is 34.1 Å². The third-order valence-corrected chi connectivity index (χ3v) is 13.7. The van der Waals surface area contributed by atoms with Crippen molar-refractivity contribution in [2.45, 2.75) is 0 Å². The maximum atomic E-state index is 2.45. The van der Waals surface area contributed by atoms with Gasteiger partial charge in [0.1, 0.15) is 0 Å². The van der Waals surface area contributed by atoms with Crippen molar-refractivity contribution < 1.29 is 0 Å². The fourth-order valence-corrected chi connectivity index (χ4v) is 10.6. The Morgan fingerprint density at radius 2 is 0.515 bits per heavy atom. The molecular formula is C66H44N2. The number of nitrogens with zero attached hydrogens (tertiary/aromatic N) is 2. The molecule has 0 heterocycles. The lowest BCUT2D eigenvalue weighted by Crippen LogP contribution is -2.10. The first kappa shape index (κ1) is 39.4. The van der Waals surface area contributed by atoms with Gasteiger partial charge in [0, 0.05) is 34.1 Å². The Labute approximate surface area is 395 Å². The number of rotatable bonds is 8. The molecule has 0 saturated carbocycles. The second-order valence-electron chi connectivity index (χ2n) is 17.7. The van der Waals surface area contributed by atoms with E-state index in [1.807, 2.05) is 0 Å². The van der Waals surface area contributed by atoms with Crippen LogP contribution in [0.3, 0.4) is 0 Å². The summed E-state index contributed by atoms with van der Waals surface area (Å²) in [6, 6.07) is 97.9. The summed E-state index contributed by atoms with van der Waals surface area (Å²) in [6.45, 7) is 0. The summed E-state index contributed by atoms with van der Waals surface area (Å²) in [7, 11) is 0. The van der Waals surface area contributed by atoms with E-state index in [-0.39, 0.29) is 0 Å². The van der Waals surface area contributed by atoms with Crippen LogP contribution in [0.5, 0.6) is 0 Å². The first-order valence-electron chi connectivity index (χ1n) is 23.4. The van der Waals surface area contributed by atoms with Gasteiger partial charge in [-0.25, -0.2) is 0 Å². The molecule has 2 nitrogen and oxygen atoms in total. The Kier molecular flexibility index (Phi) is 9.54. The summed E-state index contributed by atoms with van der Waals surface area (Å²) in [5.74, 6) is 0. The molecule has 13 aromatic rings. The average molecular weight is 865 g/mol. The summed E-state index contributed by atoms with van der Waals surface area (Å²) in [5.41, 5.74) is 11.4. The summed E-state index contributed by atoms with van der Waals surface area (Å²) in [6.07, 6.45) is 0. The number of fused-ring (bicyclic) bond motifs is 6. The Hall–Kier alpha value is -8.98. The Morgan fingerprint density at radius 3 is 0.956 bits per heavy atom. The highest BCUT2D eigenvalue weighted by atomic mass is 15.1. The molecule has 0 atom stereocenters. The minimum absolute atomic E-state index is 1.09. The Balaban J connectivity index is 1.16. The van der Waals surface area contributed by atoms with Gasteiger partial charge in [0.05, 0.1) is 0 Å². The fourth-order valence-electron chi connectivity index (χ4n) is 10.6. The standard InChI is InChI=1S/C66H44N2/c1-3-25-51(26-4-1)67(53-35-33-45-17-7-9-21-49(45)41-53)55-37-39-61-63(43-55)65(59-31-15-23-47-19-11-13-29-57(47)59)62-40-38-56(44-64(62)66(61)60-32-16-24-48-20-12-14-30-58(48)60)68(52-27-5-2-6-28-52)54-36-34-46-18-8-10-22-50(46)42-54/h1-44H. The lowest BCUT2D eigenvalue weighted by molar-refractivity contribution is 1.29. The highest BCUT2D eigenvalue weighted by Gasteiger charge is 2.24. The second kappa shape index (κ2) is 16.5. The molecule has 68 heavy (non-hydrogen) atoms. The van der Waals surface area contributed by atoms with Crippen molar-refractivity contribution in [1.82, 2.24) is 0 Å². The molecule has 0 unspecified atom stereocenters. The molecule has 0 N–H and O–H groups in total. The Morgan fingerprint density at radius 1 is 0.176 bits per heavy atom. The summed E-state index contributed by atoms with van der Waals surface area (Å²) < 4.78 is 0. The molecule has 0 saturated heterocycles. The first-order valence-corrected chi connectivity index (χ1v) is 23.4. The van der Waals surface area contributed by atoms with Crippen molar-refractivity contribution in [2.24, 2.45) is 0 Å². The summed E-state index contributed by atoms with van der Waals surface area (Å²) in [4.78, 5) is 4.82. The van der Waals surface area contributed by atoms with E-state index in [0.29, 0.717) is 0 Å². The maximum Gasteiger partial charge on any atom is 0.0468 e. The number of hydrogen-bond acceptors (Lipinski definition) is 2. The normalized spacial score (nSPS) is 11.5. The van der Waals surface area contributed by atoms with Gasteiger partial charge in [0.25, 0.3) is 0 Å². The van der Waals surface area contributed by atoms with E-state index in [0.717, 1.165) is 34.1 Å². The van der Waals surface area contributed by atoms with Crippen LogP contribution < -0.4 is 9.80 Å². The van der Waals surface area contributed by atoms with E-state index in [4.69, 9.17) is 0 Å². The topological polar surface area (TPSA) is 6.48 Å². The molecule has 0 spiro atoms. The molecule has 2 heteroatoms. The highest BCUT2D eigenvalue weighted by Crippen LogP contribution is 2.50. The SMILES string of the molecule is c1ccc(N(c2ccc3ccccc3c2)c2ccc3c(-c4cccc5ccccc45)c4cc(N(c5ccccc5)c5ccc6ccccc6c5)ccc4c(-c4cccc5ccccc45)c3c2)cc1. The van der Waals surface area contributed by atoms with Gasteiger partial charge >= 0.3 is 0 Å². The quantitative estimate of drug-likeness (QED) is 0.140. The monoisotopic (exact) mass is 864 g/mol. The van der Waals surface area contributed by atoms with Crippen molar-refractivity contribution in [3.63, 3.8) is 0 Å². The first-order chi connectivity index (χ1) is 33.7. The minimum Gasteiger partial charge on any atom is -0.310 e. The molecule has 0 fully saturated rings. The minimum atomic E-state index is 1.09. The van der Waals surface area contributed by atoms with Crippen LogP contribution >= 0.6 is 0 Å². The Bertz CT molecular complexity index is 3770. The van der Waals surface area contributed by atoms with Crippen LogP contribution in [0.1, 0.15) is 0 Å². The second-order valence-corrected chi connectivity index (χ2v) is 17.7. The molecule has 0 aliphatic carbocycles. The predicted octanol–water partition coefficient (Wildman–Crippen LogP) is 18.9. The van der Waals surface area contributed by atoms with E-state index in [1.54, 1.807) is 0 Å². The molecule has 0 radical (unpaired) electrons. The lowest BCUT2D eigenvalue weighted by Gasteiger charge is -2.28. The summed E-state index contributed by atoms with van der Waals surface area (Å²) in [5, 5.41) is 14.5. The fraction of sp³-hybridized carbons (Fsp3) is 0. The van der Waals surface area contributed by atoms with Crippen LogP contribution in [-0.4, -0.2) is 0 Å². The van der Waals surface area contributed by atoms with E-state index in [1.165, 1.54) is 86.9 Å². The van der Waals surface area contributed by atoms with Crippen LogP contribution in [-0.2, 0) is 0 Å². The smallest absolute Gasteiger partial charge is 0.0468 e. The molecule has 0 amide bonds.